The number of carbonyl (C=O) groups excluding carboxylic acids is 3. The zero-order valence-corrected chi connectivity index (χ0v) is 19.9. The van der Waals surface area contributed by atoms with Crippen LogP contribution in [0.25, 0.3) is 0 Å². The topological polar surface area (TPSA) is 97.9 Å². The van der Waals surface area contributed by atoms with Crippen LogP contribution >= 0.6 is 11.3 Å². The molecule has 0 unspecified atom stereocenters. The SMILES string of the molecule is O=C(N[C@H]1C[C@H]2C(=O)NC[C@@H](CCC(=O)N3CCN(c4ccccn4)CC3)N2C1)c1cccs1. The number of piperazine rings is 2. The van der Waals surface area contributed by atoms with Gasteiger partial charge in [-0.2, -0.15) is 0 Å². The number of pyridine rings is 1. The number of nitrogens with one attached hydrogen (secondary N) is 2. The molecule has 0 spiro atoms. The third kappa shape index (κ3) is 4.92. The molecular weight excluding hydrogens is 452 g/mol. The average molecular weight is 483 g/mol. The molecule has 0 bridgehead atoms. The van der Waals surface area contributed by atoms with E-state index in [1.54, 1.807) is 12.3 Å². The van der Waals surface area contributed by atoms with E-state index in [9.17, 15) is 14.4 Å². The molecule has 3 fully saturated rings. The molecule has 180 valence electrons. The molecule has 34 heavy (non-hydrogen) atoms. The highest BCUT2D eigenvalue weighted by Gasteiger charge is 2.44. The lowest BCUT2D eigenvalue weighted by atomic mass is 10.0. The number of hydrogen-bond donors (Lipinski definition) is 2. The van der Waals surface area contributed by atoms with Crippen molar-refractivity contribution in [2.24, 2.45) is 0 Å². The molecule has 3 amide bonds. The third-order valence-electron chi connectivity index (χ3n) is 7.00. The summed E-state index contributed by atoms with van der Waals surface area (Å²) >= 11 is 1.41. The van der Waals surface area contributed by atoms with E-state index in [4.69, 9.17) is 0 Å². The molecule has 0 radical (unpaired) electrons. The molecule has 3 aliphatic rings. The van der Waals surface area contributed by atoms with E-state index in [0.717, 1.165) is 18.9 Å². The van der Waals surface area contributed by atoms with Crippen LogP contribution in [0.1, 0.15) is 28.9 Å². The van der Waals surface area contributed by atoms with Gasteiger partial charge in [0.05, 0.1) is 10.9 Å². The Bertz CT molecular complexity index is 1010. The lowest BCUT2D eigenvalue weighted by Gasteiger charge is -2.38. The fraction of sp³-hybridized carbons (Fsp3) is 0.500. The molecule has 2 N–H and O–H groups in total. The number of aromatic nitrogens is 1. The summed E-state index contributed by atoms with van der Waals surface area (Å²) in [5, 5.41) is 7.96. The van der Waals surface area contributed by atoms with Gasteiger partial charge in [0, 0.05) is 64.0 Å². The molecular formula is C24H30N6O3S. The van der Waals surface area contributed by atoms with E-state index in [1.165, 1.54) is 11.3 Å². The van der Waals surface area contributed by atoms with Crippen molar-refractivity contribution in [2.45, 2.75) is 37.4 Å². The molecule has 3 aliphatic heterocycles. The predicted octanol–water partition coefficient (Wildman–Crippen LogP) is 0.943. The van der Waals surface area contributed by atoms with Crippen molar-refractivity contribution < 1.29 is 14.4 Å². The van der Waals surface area contributed by atoms with Gasteiger partial charge in [-0.15, -0.1) is 11.3 Å². The summed E-state index contributed by atoms with van der Waals surface area (Å²) in [5.74, 6) is 1.04. The molecule has 0 aliphatic carbocycles. The molecule has 10 heteroatoms. The van der Waals surface area contributed by atoms with Gasteiger partial charge in [0.25, 0.3) is 5.91 Å². The maximum atomic E-state index is 12.9. The van der Waals surface area contributed by atoms with E-state index in [1.807, 2.05) is 34.5 Å². The number of nitrogens with zero attached hydrogens (tertiary/aromatic N) is 4. The van der Waals surface area contributed by atoms with Crippen LogP contribution in [0.2, 0.25) is 0 Å². The molecule has 9 nitrogen and oxygen atoms in total. The molecule has 5 rings (SSSR count). The molecule has 3 atom stereocenters. The second kappa shape index (κ2) is 10.1. The summed E-state index contributed by atoms with van der Waals surface area (Å²) in [5.41, 5.74) is 0. The van der Waals surface area contributed by atoms with Crippen molar-refractivity contribution in [3.05, 3.63) is 46.8 Å². The van der Waals surface area contributed by atoms with Crippen molar-refractivity contribution in [1.29, 1.82) is 0 Å². The van der Waals surface area contributed by atoms with E-state index in [2.05, 4.69) is 25.4 Å². The Balaban J connectivity index is 1.12. The highest BCUT2D eigenvalue weighted by molar-refractivity contribution is 7.12. The minimum atomic E-state index is -0.246. The maximum Gasteiger partial charge on any atom is 0.261 e. The zero-order valence-electron chi connectivity index (χ0n) is 19.1. The second-order valence-corrected chi connectivity index (χ2v) is 10.0. The first kappa shape index (κ1) is 22.8. The van der Waals surface area contributed by atoms with Crippen LogP contribution in [0.3, 0.4) is 0 Å². The van der Waals surface area contributed by atoms with Crippen molar-refractivity contribution in [3.8, 4) is 0 Å². The highest BCUT2D eigenvalue weighted by atomic mass is 32.1. The predicted molar refractivity (Wildman–Crippen MR) is 130 cm³/mol. The number of amides is 3. The minimum Gasteiger partial charge on any atom is -0.353 e. The first-order valence-electron chi connectivity index (χ1n) is 11.9. The van der Waals surface area contributed by atoms with Crippen molar-refractivity contribution in [2.75, 3.05) is 44.2 Å². The smallest absolute Gasteiger partial charge is 0.261 e. The Morgan fingerprint density at radius 2 is 2.00 bits per heavy atom. The number of rotatable bonds is 6. The van der Waals surface area contributed by atoms with Gasteiger partial charge < -0.3 is 20.4 Å². The molecule has 2 aromatic rings. The number of fused-ring (bicyclic) bond motifs is 1. The number of carbonyl (C=O) groups is 3. The van der Waals surface area contributed by atoms with Gasteiger partial charge in [-0.3, -0.25) is 19.3 Å². The van der Waals surface area contributed by atoms with Gasteiger partial charge >= 0.3 is 0 Å². The molecule has 0 saturated carbocycles. The molecule has 5 heterocycles. The minimum absolute atomic E-state index is 0.0149. The van der Waals surface area contributed by atoms with E-state index < -0.39 is 0 Å². The summed E-state index contributed by atoms with van der Waals surface area (Å²) in [6, 6.07) is 9.33. The molecule has 2 aromatic heterocycles. The van der Waals surface area contributed by atoms with Crippen molar-refractivity contribution in [3.63, 3.8) is 0 Å². The summed E-state index contributed by atoms with van der Waals surface area (Å²) in [7, 11) is 0. The first-order chi connectivity index (χ1) is 16.6. The van der Waals surface area contributed by atoms with Gasteiger partial charge in [-0.25, -0.2) is 4.98 Å². The van der Waals surface area contributed by atoms with Gasteiger partial charge in [0.1, 0.15) is 5.82 Å². The zero-order chi connectivity index (χ0) is 23.5. The Morgan fingerprint density at radius 1 is 1.15 bits per heavy atom. The fourth-order valence-electron chi connectivity index (χ4n) is 5.19. The lowest BCUT2D eigenvalue weighted by molar-refractivity contribution is -0.132. The standard InChI is InChI=1S/C24H30N6O3S/c31-22(29-11-9-28(10-12-29)21-5-1-2-8-25-21)7-6-18-15-26-23(32)19-14-17(16-30(18)19)27-24(33)20-4-3-13-34-20/h1-5,8,13,17-19H,6-7,9-12,14-16H2,(H,26,32)(H,27,33)/t17-,18+,19-/m0/s1. The third-order valence-corrected chi connectivity index (χ3v) is 7.87. The lowest BCUT2D eigenvalue weighted by Crippen LogP contribution is -2.58. The summed E-state index contributed by atoms with van der Waals surface area (Å²) in [4.78, 5) is 49.2. The Morgan fingerprint density at radius 3 is 2.74 bits per heavy atom. The number of hydrogen-bond acceptors (Lipinski definition) is 7. The molecule has 0 aromatic carbocycles. The van der Waals surface area contributed by atoms with Crippen molar-refractivity contribution in [1.82, 2.24) is 25.4 Å². The Labute approximate surface area is 203 Å². The average Bonchev–Trinajstić information content (AvgIpc) is 3.55. The molecule has 3 saturated heterocycles. The fourth-order valence-corrected chi connectivity index (χ4v) is 5.81. The monoisotopic (exact) mass is 482 g/mol. The van der Waals surface area contributed by atoms with Crippen molar-refractivity contribution >= 4 is 34.9 Å². The number of anilines is 1. The van der Waals surface area contributed by atoms with Crippen LogP contribution < -0.4 is 15.5 Å². The van der Waals surface area contributed by atoms with Gasteiger partial charge in [-0.05, 0) is 36.4 Å². The highest BCUT2D eigenvalue weighted by Crippen LogP contribution is 2.26. The van der Waals surface area contributed by atoms with Crippen LogP contribution in [-0.4, -0.2) is 89.9 Å². The quantitative estimate of drug-likeness (QED) is 0.636. The summed E-state index contributed by atoms with van der Waals surface area (Å²) in [6.07, 6.45) is 3.55. The summed E-state index contributed by atoms with van der Waals surface area (Å²) < 4.78 is 0. The normalized spacial score (nSPS) is 25.1. The summed E-state index contributed by atoms with van der Waals surface area (Å²) in [6.45, 7) is 4.13. The van der Waals surface area contributed by atoms with Gasteiger partial charge in [-0.1, -0.05) is 12.1 Å². The Hall–Kier alpha value is -2.98. The van der Waals surface area contributed by atoms with Crippen LogP contribution in [0.5, 0.6) is 0 Å². The van der Waals surface area contributed by atoms with Crippen LogP contribution in [0.15, 0.2) is 41.9 Å². The second-order valence-electron chi connectivity index (χ2n) is 9.09. The number of thiophene rings is 1. The van der Waals surface area contributed by atoms with Gasteiger partial charge in [0.2, 0.25) is 11.8 Å². The Kier molecular flexibility index (Phi) is 6.77. The first-order valence-corrected chi connectivity index (χ1v) is 12.8. The van der Waals surface area contributed by atoms with E-state index in [-0.39, 0.29) is 35.8 Å². The van der Waals surface area contributed by atoms with Crippen LogP contribution in [0, 0.1) is 0 Å². The van der Waals surface area contributed by atoms with E-state index >= 15 is 0 Å². The van der Waals surface area contributed by atoms with E-state index in [0.29, 0.717) is 50.3 Å². The maximum absolute atomic E-state index is 12.9. The largest absolute Gasteiger partial charge is 0.353 e. The van der Waals surface area contributed by atoms with Crippen LogP contribution in [-0.2, 0) is 9.59 Å². The van der Waals surface area contributed by atoms with Gasteiger partial charge in [0.15, 0.2) is 0 Å². The van der Waals surface area contributed by atoms with Crippen LogP contribution in [0.4, 0.5) is 5.82 Å².